The zero-order chi connectivity index (χ0) is 41.9. The number of nitrogens with zero attached hydrogens (tertiary/aromatic N) is 2. The smallest absolute Gasteiger partial charge is 0.342 e. The fourth-order valence-corrected chi connectivity index (χ4v) is 7.28. The van der Waals surface area contributed by atoms with E-state index in [1.165, 1.54) is 0 Å². The van der Waals surface area contributed by atoms with E-state index in [9.17, 15) is 14.7 Å². The quantitative estimate of drug-likeness (QED) is 0.0845. The fraction of sp³-hybridized carbons (Fsp3) is 0.0980. The number of benzene rings is 7. The molecule has 1 aliphatic rings. The zero-order valence-electron chi connectivity index (χ0n) is 32.9. The molecule has 0 saturated heterocycles. The van der Waals surface area contributed by atoms with E-state index < -0.39 is 11.8 Å². The van der Waals surface area contributed by atoms with Gasteiger partial charge in [0.1, 0.15) is 54.4 Å². The highest BCUT2D eigenvalue weighted by atomic mass is 32.1. The second-order valence-corrected chi connectivity index (χ2v) is 14.7. The molecule has 9 rings (SSSR count). The van der Waals surface area contributed by atoms with Crippen LogP contribution in [-0.2, 0) is 41.6 Å². The summed E-state index contributed by atoms with van der Waals surface area (Å²) in [5.74, 6) is -0.466. The van der Waals surface area contributed by atoms with Crippen LogP contribution in [-0.4, -0.2) is 26.1 Å². The third-order valence-corrected chi connectivity index (χ3v) is 10.6. The summed E-state index contributed by atoms with van der Waals surface area (Å²) in [6.07, 6.45) is 1.08. The van der Waals surface area contributed by atoms with Gasteiger partial charge in [-0.25, -0.2) is 4.79 Å². The molecule has 7 aromatic carbocycles. The van der Waals surface area contributed by atoms with Crippen molar-refractivity contribution in [2.75, 3.05) is 0 Å². The molecule has 1 aromatic heterocycles. The van der Waals surface area contributed by atoms with Crippen LogP contribution in [0.15, 0.2) is 188 Å². The Labute approximate surface area is 357 Å². The minimum Gasteiger partial charge on any atom is -0.489 e. The number of cyclic esters (lactones) is 1. The number of hydrogen-bond acceptors (Lipinski definition) is 10. The number of aliphatic hydroxyl groups is 1. The Morgan fingerprint density at radius 1 is 0.557 bits per heavy atom. The normalized spacial score (nSPS) is 14.5. The topological polar surface area (TPSA) is 117 Å². The number of aldehydes is 1. The van der Waals surface area contributed by atoms with E-state index in [0.717, 1.165) is 57.3 Å². The number of hydrogen-bond donors (Lipinski definition) is 1. The molecule has 0 spiro atoms. The first-order valence-corrected chi connectivity index (χ1v) is 20.3. The number of fused-ring (bicyclic) bond motifs is 1. The van der Waals surface area contributed by atoms with Gasteiger partial charge in [0.05, 0.1) is 17.3 Å². The lowest BCUT2D eigenvalue weighted by molar-refractivity contribution is -0.185. The van der Waals surface area contributed by atoms with Crippen molar-refractivity contribution in [3.63, 3.8) is 0 Å². The third-order valence-electron chi connectivity index (χ3n) is 10.0. The summed E-state index contributed by atoms with van der Waals surface area (Å²) in [5, 5.41) is 12.1. The Kier molecular flexibility index (Phi) is 12.7. The van der Waals surface area contributed by atoms with Crippen molar-refractivity contribution in [1.82, 2.24) is 8.75 Å². The van der Waals surface area contributed by atoms with E-state index in [0.29, 0.717) is 58.9 Å². The maximum Gasteiger partial charge on any atom is 0.342 e. The first-order chi connectivity index (χ1) is 29.9. The molecule has 61 heavy (non-hydrogen) atoms. The first kappa shape index (κ1) is 40.4. The Bertz CT molecular complexity index is 2720. The summed E-state index contributed by atoms with van der Waals surface area (Å²) in [7, 11) is 0. The summed E-state index contributed by atoms with van der Waals surface area (Å²) < 4.78 is 31.9. The van der Waals surface area contributed by atoms with Gasteiger partial charge < -0.3 is 24.1 Å². The average molecular weight is 825 g/mol. The largest absolute Gasteiger partial charge is 0.489 e. The van der Waals surface area contributed by atoms with Crippen LogP contribution < -0.4 is 14.2 Å². The molecule has 1 N–H and O–H groups in total. The molecule has 10 heteroatoms. The van der Waals surface area contributed by atoms with E-state index in [1.54, 1.807) is 48.5 Å². The van der Waals surface area contributed by atoms with Crippen molar-refractivity contribution in [2.24, 2.45) is 0 Å². The third kappa shape index (κ3) is 10.1. The fourth-order valence-electron chi connectivity index (χ4n) is 6.76. The number of ether oxygens (including phenoxy) is 4. The number of carbonyl (C=O) groups is 2. The first-order valence-electron chi connectivity index (χ1n) is 19.6. The highest BCUT2D eigenvalue weighted by Gasteiger charge is 2.48. The monoisotopic (exact) mass is 824 g/mol. The lowest BCUT2D eigenvalue weighted by Gasteiger charge is -2.26. The highest BCUT2D eigenvalue weighted by molar-refractivity contribution is 7.00. The number of carbonyl (C=O) groups excluding carboxylic acids is 2. The van der Waals surface area contributed by atoms with Gasteiger partial charge in [-0.15, -0.1) is 0 Å². The maximum atomic E-state index is 13.5. The van der Waals surface area contributed by atoms with Crippen LogP contribution in [0.5, 0.6) is 17.2 Å². The van der Waals surface area contributed by atoms with Crippen LogP contribution >= 0.6 is 11.7 Å². The molecule has 2 heterocycles. The van der Waals surface area contributed by atoms with E-state index in [1.807, 2.05) is 133 Å². The second kappa shape index (κ2) is 19.1. The van der Waals surface area contributed by atoms with Gasteiger partial charge >= 0.3 is 5.97 Å². The maximum absolute atomic E-state index is 13.5. The average Bonchev–Trinajstić information content (AvgIpc) is 3.89. The van der Waals surface area contributed by atoms with Crippen molar-refractivity contribution in [1.29, 1.82) is 0 Å². The number of aromatic nitrogens is 2. The molecule has 1 aliphatic heterocycles. The molecule has 1 unspecified atom stereocenters. The molecule has 0 amide bonds. The number of rotatable bonds is 14. The predicted molar refractivity (Wildman–Crippen MR) is 235 cm³/mol. The van der Waals surface area contributed by atoms with Crippen LogP contribution in [0, 0.1) is 0 Å². The van der Waals surface area contributed by atoms with Gasteiger partial charge in [-0.05, 0) is 101 Å². The molecule has 0 radical (unpaired) electrons. The van der Waals surface area contributed by atoms with Gasteiger partial charge in [-0.1, -0.05) is 109 Å². The lowest BCUT2D eigenvalue weighted by Crippen LogP contribution is -2.29. The standard InChI is InChI=1S/C37H28N2O5S.C14H12O2/c40-36-35(28-13-20-33-34(22-28)39-45-38-33)32(21-25-11-16-30(17-12-25)42-23-26-7-3-1-4-8-26)37(41,44-36)29-14-18-31(19-15-29)43-24-27-9-5-2-6-10-27;15-10-12-6-8-14(9-7-12)16-11-13-4-2-1-3-5-13/h1-20,22,41H,21,23-24H2;1-10H,11H2. The lowest BCUT2D eigenvalue weighted by atomic mass is 9.88. The molecule has 0 bridgehead atoms. The van der Waals surface area contributed by atoms with Crippen molar-refractivity contribution in [3.05, 3.63) is 227 Å². The van der Waals surface area contributed by atoms with Crippen LogP contribution in [0.4, 0.5) is 0 Å². The van der Waals surface area contributed by atoms with Crippen LogP contribution in [0.25, 0.3) is 16.6 Å². The Morgan fingerprint density at radius 2 is 1.03 bits per heavy atom. The summed E-state index contributed by atoms with van der Waals surface area (Å²) >= 11 is 1.11. The minimum atomic E-state index is -1.98. The molecule has 9 nitrogen and oxygen atoms in total. The summed E-state index contributed by atoms with van der Waals surface area (Å²) in [4.78, 5) is 24.0. The minimum absolute atomic E-state index is 0.260. The highest BCUT2D eigenvalue weighted by Crippen LogP contribution is 2.45. The second-order valence-electron chi connectivity index (χ2n) is 14.2. The molecular weight excluding hydrogens is 785 g/mol. The van der Waals surface area contributed by atoms with Crippen LogP contribution in [0.3, 0.4) is 0 Å². The van der Waals surface area contributed by atoms with Crippen molar-refractivity contribution in [3.8, 4) is 17.2 Å². The Hall–Kier alpha value is -7.40. The van der Waals surface area contributed by atoms with Crippen LogP contribution in [0.2, 0.25) is 0 Å². The molecule has 0 aliphatic carbocycles. The van der Waals surface area contributed by atoms with Crippen molar-refractivity contribution >= 4 is 40.6 Å². The van der Waals surface area contributed by atoms with Gasteiger partial charge in [0.2, 0.25) is 0 Å². The van der Waals surface area contributed by atoms with Gasteiger partial charge in [-0.2, -0.15) is 8.75 Å². The summed E-state index contributed by atoms with van der Waals surface area (Å²) in [5.41, 5.74) is 7.98. The van der Waals surface area contributed by atoms with E-state index in [-0.39, 0.29) is 6.42 Å². The molecule has 0 fully saturated rings. The van der Waals surface area contributed by atoms with Crippen molar-refractivity contribution < 1.29 is 33.6 Å². The van der Waals surface area contributed by atoms with Crippen LogP contribution in [0.1, 0.15) is 43.7 Å². The zero-order valence-corrected chi connectivity index (χ0v) is 33.7. The molecule has 0 saturated carbocycles. The summed E-state index contributed by atoms with van der Waals surface area (Å²) in [6, 6.07) is 57.0. The van der Waals surface area contributed by atoms with E-state index in [4.69, 9.17) is 18.9 Å². The van der Waals surface area contributed by atoms with Gasteiger partial charge in [0.25, 0.3) is 5.79 Å². The molecule has 302 valence electrons. The predicted octanol–water partition coefficient (Wildman–Crippen LogP) is 10.3. The van der Waals surface area contributed by atoms with Gasteiger partial charge in [0, 0.05) is 23.1 Å². The van der Waals surface area contributed by atoms with Gasteiger partial charge in [0.15, 0.2) is 0 Å². The molecule has 1 atom stereocenters. The SMILES string of the molecule is O=C1OC(O)(c2ccc(OCc3ccccc3)cc2)C(Cc2ccc(OCc3ccccc3)cc2)=C1c1ccc2nsnc2c1.O=Cc1ccc(OCc2ccccc2)cc1. The molecule has 8 aromatic rings. The Morgan fingerprint density at radius 3 is 1.54 bits per heavy atom. The van der Waals surface area contributed by atoms with Gasteiger partial charge in [-0.3, -0.25) is 4.79 Å². The Balaban J connectivity index is 0.000000269. The van der Waals surface area contributed by atoms with E-state index >= 15 is 0 Å². The van der Waals surface area contributed by atoms with Crippen molar-refractivity contribution in [2.45, 2.75) is 32.0 Å². The summed E-state index contributed by atoms with van der Waals surface area (Å²) in [6.45, 7) is 1.41. The number of esters is 1. The van der Waals surface area contributed by atoms with E-state index in [2.05, 4.69) is 8.75 Å². The molecular formula is C51H40N2O7S.